The lowest BCUT2D eigenvalue weighted by Crippen LogP contribution is -2.44. The van der Waals surface area contributed by atoms with Crippen LogP contribution in [0.3, 0.4) is 0 Å². The molecule has 1 amide bonds. The molecule has 1 atom stereocenters. The van der Waals surface area contributed by atoms with E-state index in [2.05, 4.69) is 4.98 Å². The minimum atomic E-state index is -3.02. The van der Waals surface area contributed by atoms with Crippen LogP contribution in [0.1, 0.15) is 20.3 Å². The Labute approximate surface area is 158 Å². The number of carbonyl (C=O) groups excluding carboxylic acids is 1. The third-order valence-corrected chi connectivity index (χ3v) is 7.37. The van der Waals surface area contributed by atoms with E-state index < -0.39 is 9.84 Å². The van der Waals surface area contributed by atoms with Gasteiger partial charge in [-0.05, 0) is 24.5 Å². The number of hydrogen-bond donors (Lipinski definition) is 0. The summed E-state index contributed by atoms with van der Waals surface area (Å²) in [5, 5.41) is 0.795. The van der Waals surface area contributed by atoms with E-state index in [-0.39, 0.29) is 29.2 Å². The Bertz CT molecular complexity index is 906. The molecule has 2 aromatic rings. The molecule has 2 heterocycles. The molecule has 1 aliphatic rings. The van der Waals surface area contributed by atoms with Crippen molar-refractivity contribution in [1.82, 2.24) is 14.5 Å². The molecule has 1 fully saturated rings. The number of aryl methyl sites for hydroxylation is 1. The van der Waals surface area contributed by atoms with Crippen LogP contribution in [0.15, 0.2) is 29.4 Å². The van der Waals surface area contributed by atoms with Crippen LogP contribution in [0.2, 0.25) is 0 Å². The zero-order valence-electron chi connectivity index (χ0n) is 15.4. The van der Waals surface area contributed by atoms with Crippen LogP contribution in [-0.2, 0) is 21.7 Å². The Hall–Kier alpha value is -1.54. The van der Waals surface area contributed by atoms with E-state index in [4.69, 9.17) is 0 Å². The standard InChI is InChI=1S/C18H25N3O3S2/c1-13(2)10-21(14-8-9-26(23,24)12-14)17(22)11-25-18-19-15-6-4-5-7-16(15)20(18)3/h4-7,13-14H,8-12H2,1-3H3. The molecule has 1 aromatic carbocycles. The number of para-hydroxylation sites is 2. The molecule has 0 radical (unpaired) electrons. The van der Waals surface area contributed by atoms with Crippen molar-refractivity contribution in [3.05, 3.63) is 24.3 Å². The summed E-state index contributed by atoms with van der Waals surface area (Å²) in [7, 11) is -1.08. The fraction of sp³-hybridized carbons (Fsp3) is 0.556. The SMILES string of the molecule is CC(C)CN(C(=O)CSc1nc2ccccc2n1C)C1CCS(=O)(=O)C1. The van der Waals surface area contributed by atoms with Gasteiger partial charge in [0.15, 0.2) is 15.0 Å². The number of aromatic nitrogens is 2. The zero-order chi connectivity index (χ0) is 18.9. The molecule has 0 spiro atoms. The first-order valence-corrected chi connectivity index (χ1v) is 11.6. The lowest BCUT2D eigenvalue weighted by Gasteiger charge is -2.29. The quantitative estimate of drug-likeness (QED) is 0.702. The molecular formula is C18H25N3O3S2. The van der Waals surface area contributed by atoms with Crippen LogP contribution in [0, 0.1) is 5.92 Å². The summed E-state index contributed by atoms with van der Waals surface area (Å²) in [6, 6.07) is 7.67. The molecule has 8 heteroatoms. The molecule has 6 nitrogen and oxygen atoms in total. The number of hydrogen-bond acceptors (Lipinski definition) is 5. The van der Waals surface area contributed by atoms with Crippen LogP contribution < -0.4 is 0 Å². The number of imidazole rings is 1. The lowest BCUT2D eigenvalue weighted by atomic mass is 10.1. The Kier molecular flexibility index (Phi) is 5.62. The summed E-state index contributed by atoms with van der Waals surface area (Å²) in [6.45, 7) is 4.67. The molecule has 1 unspecified atom stereocenters. The summed E-state index contributed by atoms with van der Waals surface area (Å²) in [5.41, 5.74) is 1.94. The topological polar surface area (TPSA) is 72.3 Å². The largest absolute Gasteiger partial charge is 0.338 e. The van der Waals surface area contributed by atoms with Crippen molar-refractivity contribution in [1.29, 1.82) is 0 Å². The first kappa shape index (κ1) is 19.2. The van der Waals surface area contributed by atoms with Gasteiger partial charge in [0.05, 0.1) is 28.3 Å². The summed E-state index contributed by atoms with van der Waals surface area (Å²) < 4.78 is 25.6. The van der Waals surface area contributed by atoms with Gasteiger partial charge < -0.3 is 9.47 Å². The minimum absolute atomic E-state index is 0.0159. The molecule has 3 rings (SSSR count). The highest BCUT2D eigenvalue weighted by atomic mass is 32.2. The molecule has 1 aliphatic heterocycles. The van der Waals surface area contributed by atoms with Gasteiger partial charge in [0.2, 0.25) is 5.91 Å². The normalized spacial score (nSPS) is 19.3. The average molecular weight is 396 g/mol. The van der Waals surface area contributed by atoms with Gasteiger partial charge in [-0.25, -0.2) is 13.4 Å². The van der Waals surface area contributed by atoms with Crippen LogP contribution in [-0.4, -0.2) is 58.6 Å². The number of amides is 1. The second-order valence-corrected chi connectivity index (χ2v) is 10.4. The molecule has 142 valence electrons. The van der Waals surface area contributed by atoms with E-state index in [9.17, 15) is 13.2 Å². The molecule has 1 saturated heterocycles. The second kappa shape index (κ2) is 7.60. The smallest absolute Gasteiger partial charge is 0.233 e. The number of thioether (sulfide) groups is 1. The maximum Gasteiger partial charge on any atom is 0.233 e. The average Bonchev–Trinajstić information content (AvgIpc) is 3.10. The maximum atomic E-state index is 12.8. The lowest BCUT2D eigenvalue weighted by molar-refractivity contribution is -0.130. The first-order valence-electron chi connectivity index (χ1n) is 8.81. The number of rotatable bonds is 6. The van der Waals surface area contributed by atoms with Gasteiger partial charge in [-0.3, -0.25) is 4.79 Å². The van der Waals surface area contributed by atoms with Gasteiger partial charge in [0.1, 0.15) is 0 Å². The Morgan fingerprint density at radius 3 is 2.73 bits per heavy atom. The van der Waals surface area contributed by atoms with Crippen molar-refractivity contribution >= 4 is 38.5 Å². The highest BCUT2D eigenvalue weighted by molar-refractivity contribution is 7.99. The van der Waals surface area contributed by atoms with E-state index in [1.54, 1.807) is 4.90 Å². The fourth-order valence-electron chi connectivity index (χ4n) is 3.33. The highest BCUT2D eigenvalue weighted by Gasteiger charge is 2.34. The molecule has 0 aliphatic carbocycles. The third kappa shape index (κ3) is 4.23. The summed E-state index contributed by atoms with van der Waals surface area (Å²) in [4.78, 5) is 19.2. The monoisotopic (exact) mass is 395 g/mol. The van der Waals surface area contributed by atoms with E-state index in [1.807, 2.05) is 49.7 Å². The van der Waals surface area contributed by atoms with Crippen molar-refractivity contribution in [2.24, 2.45) is 13.0 Å². The van der Waals surface area contributed by atoms with Crippen molar-refractivity contribution < 1.29 is 13.2 Å². The van der Waals surface area contributed by atoms with Gasteiger partial charge in [-0.15, -0.1) is 0 Å². The Morgan fingerprint density at radius 2 is 2.12 bits per heavy atom. The number of nitrogens with zero attached hydrogens (tertiary/aromatic N) is 3. The summed E-state index contributed by atoms with van der Waals surface area (Å²) in [5.74, 6) is 0.807. The second-order valence-electron chi connectivity index (χ2n) is 7.23. The van der Waals surface area contributed by atoms with Gasteiger partial charge >= 0.3 is 0 Å². The molecule has 1 aromatic heterocycles. The van der Waals surface area contributed by atoms with Crippen molar-refractivity contribution in [3.63, 3.8) is 0 Å². The molecule has 26 heavy (non-hydrogen) atoms. The maximum absolute atomic E-state index is 12.8. The number of fused-ring (bicyclic) bond motifs is 1. The highest BCUT2D eigenvalue weighted by Crippen LogP contribution is 2.25. The first-order chi connectivity index (χ1) is 12.3. The Balaban J connectivity index is 1.72. The minimum Gasteiger partial charge on any atom is -0.338 e. The van der Waals surface area contributed by atoms with Gasteiger partial charge in [0.25, 0.3) is 0 Å². The summed E-state index contributed by atoms with van der Waals surface area (Å²) >= 11 is 1.41. The number of benzene rings is 1. The van der Waals surface area contributed by atoms with Crippen LogP contribution in [0.4, 0.5) is 0 Å². The van der Waals surface area contributed by atoms with Crippen molar-refractivity contribution in [2.45, 2.75) is 31.5 Å². The van der Waals surface area contributed by atoms with Gasteiger partial charge in [0, 0.05) is 19.6 Å². The van der Waals surface area contributed by atoms with Crippen LogP contribution in [0.5, 0.6) is 0 Å². The third-order valence-electron chi connectivity index (χ3n) is 4.60. The molecule has 0 saturated carbocycles. The van der Waals surface area contributed by atoms with E-state index >= 15 is 0 Å². The zero-order valence-corrected chi connectivity index (χ0v) is 17.0. The molecule has 0 N–H and O–H groups in total. The van der Waals surface area contributed by atoms with Crippen LogP contribution >= 0.6 is 11.8 Å². The van der Waals surface area contributed by atoms with E-state index in [1.165, 1.54) is 11.8 Å². The number of carbonyl (C=O) groups is 1. The predicted molar refractivity (Wildman–Crippen MR) is 105 cm³/mol. The van der Waals surface area contributed by atoms with E-state index in [0.717, 1.165) is 16.2 Å². The molecule has 0 bridgehead atoms. The Morgan fingerprint density at radius 1 is 1.38 bits per heavy atom. The van der Waals surface area contributed by atoms with E-state index in [0.29, 0.717) is 18.9 Å². The predicted octanol–water partition coefficient (Wildman–Crippen LogP) is 2.34. The van der Waals surface area contributed by atoms with Crippen LogP contribution in [0.25, 0.3) is 11.0 Å². The van der Waals surface area contributed by atoms with Crippen molar-refractivity contribution in [3.8, 4) is 0 Å². The number of sulfone groups is 1. The fourth-order valence-corrected chi connectivity index (χ4v) is 5.93. The van der Waals surface area contributed by atoms with Gasteiger partial charge in [-0.2, -0.15) is 0 Å². The van der Waals surface area contributed by atoms with Gasteiger partial charge in [-0.1, -0.05) is 37.7 Å². The summed E-state index contributed by atoms with van der Waals surface area (Å²) in [6.07, 6.45) is 0.539. The molecular weight excluding hydrogens is 370 g/mol. The van der Waals surface area contributed by atoms with Crippen molar-refractivity contribution in [2.75, 3.05) is 23.8 Å².